The molecule has 6 heteroatoms. The number of ether oxygens (including phenoxy) is 1. The molecule has 0 spiro atoms. The summed E-state index contributed by atoms with van der Waals surface area (Å²) in [5.74, 6) is 0.671. The van der Waals surface area contributed by atoms with Crippen molar-refractivity contribution in [2.24, 2.45) is 0 Å². The number of rotatable bonds is 4. The first-order valence-electron chi connectivity index (χ1n) is 6.29. The van der Waals surface area contributed by atoms with Crippen LogP contribution in [0.1, 0.15) is 24.2 Å². The minimum atomic E-state index is -0.594. The number of para-hydroxylation sites is 1. The molecule has 0 amide bonds. The van der Waals surface area contributed by atoms with E-state index in [0.29, 0.717) is 15.8 Å². The predicted octanol–water partition coefficient (Wildman–Crippen LogP) is 4.51. The topological polar surface area (TPSA) is 72.6 Å². The molecule has 0 aliphatic rings. The van der Waals surface area contributed by atoms with Gasteiger partial charge in [-0.05, 0) is 53.0 Å². The Morgan fingerprint density at radius 3 is 2.62 bits per heavy atom. The summed E-state index contributed by atoms with van der Waals surface area (Å²) in [5, 5.41) is 20.6. The van der Waals surface area contributed by atoms with Gasteiger partial charge in [-0.3, -0.25) is 10.1 Å². The van der Waals surface area contributed by atoms with Crippen molar-refractivity contribution >= 4 is 21.6 Å². The largest absolute Gasteiger partial charge is 0.449 e. The van der Waals surface area contributed by atoms with Crippen molar-refractivity contribution in [3.05, 3.63) is 62.1 Å². The van der Waals surface area contributed by atoms with Gasteiger partial charge in [0.15, 0.2) is 0 Å². The van der Waals surface area contributed by atoms with Gasteiger partial charge in [0.1, 0.15) is 5.75 Å². The summed E-state index contributed by atoms with van der Waals surface area (Å²) in [6, 6.07) is 9.88. The summed E-state index contributed by atoms with van der Waals surface area (Å²) in [7, 11) is 0. The lowest BCUT2D eigenvalue weighted by molar-refractivity contribution is -0.385. The van der Waals surface area contributed by atoms with Crippen molar-refractivity contribution in [1.29, 1.82) is 0 Å². The molecular formula is C15H14BrNO4. The molecule has 0 saturated heterocycles. The van der Waals surface area contributed by atoms with Crippen molar-refractivity contribution < 1.29 is 14.8 Å². The number of aliphatic hydroxyl groups excluding tert-OH is 1. The summed E-state index contributed by atoms with van der Waals surface area (Å²) in [4.78, 5) is 10.6. The van der Waals surface area contributed by atoms with E-state index >= 15 is 0 Å². The molecule has 0 radical (unpaired) electrons. The standard InChI is InChI=1S/C15H14BrNO4/c1-9-4-3-5-13(17(19)20)15(9)21-14-7-6-11(10(2)18)8-12(14)16/h3-8,10,18H,1-2H3. The van der Waals surface area contributed by atoms with Gasteiger partial charge in [-0.25, -0.2) is 0 Å². The number of nitrogens with zero attached hydrogens (tertiary/aromatic N) is 1. The van der Waals surface area contributed by atoms with Crippen LogP contribution in [0.5, 0.6) is 11.5 Å². The molecule has 2 aromatic carbocycles. The number of hydrogen-bond donors (Lipinski definition) is 1. The zero-order valence-electron chi connectivity index (χ0n) is 11.5. The van der Waals surface area contributed by atoms with E-state index in [-0.39, 0.29) is 11.4 Å². The van der Waals surface area contributed by atoms with E-state index in [1.807, 2.05) is 0 Å². The Hall–Kier alpha value is -1.92. The van der Waals surface area contributed by atoms with Crippen LogP contribution in [-0.4, -0.2) is 10.0 Å². The average Bonchev–Trinajstić information content (AvgIpc) is 2.42. The van der Waals surface area contributed by atoms with Gasteiger partial charge < -0.3 is 9.84 Å². The molecule has 0 saturated carbocycles. The molecule has 2 aromatic rings. The van der Waals surface area contributed by atoms with Crippen LogP contribution in [0.25, 0.3) is 0 Å². The van der Waals surface area contributed by atoms with Gasteiger partial charge in [0, 0.05) is 6.07 Å². The lowest BCUT2D eigenvalue weighted by atomic mass is 10.1. The van der Waals surface area contributed by atoms with E-state index in [1.165, 1.54) is 6.07 Å². The van der Waals surface area contributed by atoms with Crippen molar-refractivity contribution in [3.63, 3.8) is 0 Å². The molecule has 1 atom stereocenters. The predicted molar refractivity (Wildman–Crippen MR) is 82.7 cm³/mol. The van der Waals surface area contributed by atoms with E-state index < -0.39 is 11.0 Å². The normalized spacial score (nSPS) is 12.0. The Morgan fingerprint density at radius 2 is 2.05 bits per heavy atom. The van der Waals surface area contributed by atoms with Crippen molar-refractivity contribution in [2.75, 3.05) is 0 Å². The third kappa shape index (κ3) is 3.40. The van der Waals surface area contributed by atoms with Crippen LogP contribution in [0.3, 0.4) is 0 Å². The number of aryl methyl sites for hydroxylation is 1. The van der Waals surface area contributed by atoms with Crippen LogP contribution in [0.4, 0.5) is 5.69 Å². The van der Waals surface area contributed by atoms with Gasteiger partial charge in [0.05, 0.1) is 15.5 Å². The second kappa shape index (κ2) is 6.24. The quantitative estimate of drug-likeness (QED) is 0.649. The van der Waals surface area contributed by atoms with Gasteiger partial charge in [0.2, 0.25) is 5.75 Å². The third-order valence-corrected chi connectivity index (χ3v) is 3.66. The summed E-state index contributed by atoms with van der Waals surface area (Å²) < 4.78 is 6.32. The maximum Gasteiger partial charge on any atom is 0.311 e. The van der Waals surface area contributed by atoms with Crippen LogP contribution < -0.4 is 4.74 Å². The smallest absolute Gasteiger partial charge is 0.311 e. The molecular weight excluding hydrogens is 338 g/mol. The van der Waals surface area contributed by atoms with E-state index in [2.05, 4.69) is 15.9 Å². The molecule has 2 rings (SSSR count). The molecule has 21 heavy (non-hydrogen) atoms. The van der Waals surface area contributed by atoms with Crippen molar-refractivity contribution in [2.45, 2.75) is 20.0 Å². The summed E-state index contributed by atoms with van der Waals surface area (Å²) >= 11 is 3.35. The van der Waals surface area contributed by atoms with Crippen LogP contribution in [0.15, 0.2) is 40.9 Å². The van der Waals surface area contributed by atoms with Crippen molar-refractivity contribution in [1.82, 2.24) is 0 Å². The van der Waals surface area contributed by atoms with Crippen LogP contribution in [-0.2, 0) is 0 Å². The first-order valence-corrected chi connectivity index (χ1v) is 7.09. The highest BCUT2D eigenvalue weighted by Gasteiger charge is 2.19. The summed E-state index contributed by atoms with van der Waals surface area (Å²) in [5.41, 5.74) is 1.32. The van der Waals surface area contributed by atoms with Gasteiger partial charge >= 0.3 is 5.69 Å². The van der Waals surface area contributed by atoms with E-state index in [0.717, 1.165) is 5.56 Å². The number of halogens is 1. The highest BCUT2D eigenvalue weighted by Crippen LogP contribution is 2.38. The number of hydrogen-bond acceptors (Lipinski definition) is 4. The minimum Gasteiger partial charge on any atom is -0.449 e. The minimum absolute atomic E-state index is 0.0819. The number of nitro benzene ring substituents is 1. The van der Waals surface area contributed by atoms with Gasteiger partial charge in [0.25, 0.3) is 0 Å². The van der Waals surface area contributed by atoms with Gasteiger partial charge in [-0.1, -0.05) is 18.2 Å². The fourth-order valence-corrected chi connectivity index (χ4v) is 2.36. The van der Waals surface area contributed by atoms with E-state index in [4.69, 9.17) is 4.74 Å². The van der Waals surface area contributed by atoms with Crippen molar-refractivity contribution in [3.8, 4) is 11.5 Å². The second-order valence-corrected chi connectivity index (χ2v) is 5.50. The lowest BCUT2D eigenvalue weighted by Gasteiger charge is -2.12. The zero-order valence-corrected chi connectivity index (χ0v) is 13.1. The molecule has 0 aromatic heterocycles. The highest BCUT2D eigenvalue weighted by atomic mass is 79.9. The number of aliphatic hydroxyl groups is 1. The summed E-state index contributed by atoms with van der Waals surface area (Å²) in [6.45, 7) is 3.41. The SMILES string of the molecule is Cc1cccc([N+](=O)[O-])c1Oc1ccc(C(C)O)cc1Br. The average molecular weight is 352 g/mol. The third-order valence-electron chi connectivity index (χ3n) is 3.04. The Labute approximate surface area is 130 Å². The summed E-state index contributed by atoms with van der Waals surface area (Å²) in [6.07, 6.45) is -0.594. The maximum atomic E-state index is 11.1. The Bertz CT molecular complexity index is 685. The Morgan fingerprint density at radius 1 is 1.33 bits per heavy atom. The molecule has 1 unspecified atom stereocenters. The first-order chi connectivity index (χ1) is 9.90. The van der Waals surface area contributed by atoms with Gasteiger partial charge in [-0.15, -0.1) is 0 Å². The molecule has 0 heterocycles. The molecule has 0 aliphatic carbocycles. The Balaban J connectivity index is 2.41. The zero-order chi connectivity index (χ0) is 15.6. The lowest BCUT2D eigenvalue weighted by Crippen LogP contribution is -1.97. The van der Waals surface area contributed by atoms with E-state index in [9.17, 15) is 15.2 Å². The molecule has 5 nitrogen and oxygen atoms in total. The maximum absolute atomic E-state index is 11.1. The highest BCUT2D eigenvalue weighted by molar-refractivity contribution is 9.10. The van der Waals surface area contributed by atoms with Gasteiger partial charge in [-0.2, -0.15) is 0 Å². The van der Waals surface area contributed by atoms with Crippen LogP contribution >= 0.6 is 15.9 Å². The fourth-order valence-electron chi connectivity index (χ4n) is 1.88. The molecule has 0 aliphatic heterocycles. The molecule has 0 bridgehead atoms. The molecule has 1 N–H and O–H groups in total. The molecule has 110 valence electrons. The van der Waals surface area contributed by atoms with Crippen LogP contribution in [0, 0.1) is 17.0 Å². The Kier molecular flexibility index (Phi) is 4.59. The van der Waals surface area contributed by atoms with Crippen LogP contribution in [0.2, 0.25) is 0 Å². The molecule has 0 fully saturated rings. The monoisotopic (exact) mass is 351 g/mol. The van der Waals surface area contributed by atoms with E-state index in [1.54, 1.807) is 44.2 Å². The number of nitro groups is 1. The first kappa shape index (κ1) is 15.5. The number of benzene rings is 2. The fraction of sp³-hybridized carbons (Fsp3) is 0.200. The second-order valence-electron chi connectivity index (χ2n) is 4.65.